The maximum absolute atomic E-state index is 5.28. The summed E-state index contributed by atoms with van der Waals surface area (Å²) in [6, 6.07) is 8.56. The SMILES string of the molecule is CC(C)(ON)c1cccc(C2CC2)c1. The lowest BCUT2D eigenvalue weighted by molar-refractivity contribution is -0.0236. The number of rotatable bonds is 3. The van der Waals surface area contributed by atoms with Crippen molar-refractivity contribution in [2.75, 3.05) is 0 Å². The maximum Gasteiger partial charge on any atom is 0.109 e. The van der Waals surface area contributed by atoms with Gasteiger partial charge in [0.25, 0.3) is 0 Å². The second-order valence-corrected chi connectivity index (χ2v) is 4.53. The average molecular weight is 191 g/mol. The van der Waals surface area contributed by atoms with Crippen molar-refractivity contribution in [1.29, 1.82) is 0 Å². The normalized spacial score (nSPS) is 17.1. The molecule has 0 heterocycles. The molecule has 1 fully saturated rings. The van der Waals surface area contributed by atoms with E-state index in [4.69, 9.17) is 10.7 Å². The largest absolute Gasteiger partial charge is 0.294 e. The molecule has 1 aromatic rings. The van der Waals surface area contributed by atoms with Crippen LogP contribution >= 0.6 is 0 Å². The molecule has 0 atom stereocenters. The van der Waals surface area contributed by atoms with Gasteiger partial charge < -0.3 is 0 Å². The predicted molar refractivity (Wildman–Crippen MR) is 56.7 cm³/mol. The van der Waals surface area contributed by atoms with Gasteiger partial charge in [-0.05, 0) is 43.7 Å². The van der Waals surface area contributed by atoms with Crippen LogP contribution in [0, 0.1) is 0 Å². The molecule has 0 unspecified atom stereocenters. The summed E-state index contributed by atoms with van der Waals surface area (Å²) < 4.78 is 0. The summed E-state index contributed by atoms with van der Waals surface area (Å²) in [7, 11) is 0. The van der Waals surface area contributed by atoms with E-state index < -0.39 is 0 Å². The van der Waals surface area contributed by atoms with Crippen LogP contribution in [0.5, 0.6) is 0 Å². The molecule has 14 heavy (non-hydrogen) atoms. The monoisotopic (exact) mass is 191 g/mol. The van der Waals surface area contributed by atoms with Crippen molar-refractivity contribution in [1.82, 2.24) is 0 Å². The minimum absolute atomic E-state index is 0.384. The predicted octanol–water partition coefficient (Wildman–Crippen LogP) is 2.69. The Kier molecular flexibility index (Phi) is 2.33. The Labute approximate surface area is 85.0 Å². The van der Waals surface area contributed by atoms with Gasteiger partial charge in [-0.15, -0.1) is 0 Å². The van der Waals surface area contributed by atoms with Crippen LogP contribution < -0.4 is 5.90 Å². The third kappa shape index (κ3) is 1.81. The quantitative estimate of drug-likeness (QED) is 0.745. The molecule has 1 aliphatic rings. The van der Waals surface area contributed by atoms with Gasteiger partial charge in [0.05, 0.1) is 0 Å². The van der Waals surface area contributed by atoms with E-state index in [0.717, 1.165) is 11.5 Å². The molecule has 1 aliphatic carbocycles. The summed E-state index contributed by atoms with van der Waals surface area (Å²) in [5.74, 6) is 6.06. The molecule has 0 aliphatic heterocycles. The minimum atomic E-state index is -0.384. The first kappa shape index (κ1) is 9.69. The van der Waals surface area contributed by atoms with Crippen LogP contribution in [-0.2, 0) is 10.4 Å². The molecule has 2 heteroatoms. The summed E-state index contributed by atoms with van der Waals surface area (Å²) in [5.41, 5.74) is 2.20. The lowest BCUT2D eigenvalue weighted by atomic mass is 9.95. The van der Waals surface area contributed by atoms with E-state index in [0.29, 0.717) is 0 Å². The average Bonchev–Trinajstić information content (AvgIpc) is 3.01. The Morgan fingerprint density at radius 2 is 2.07 bits per heavy atom. The van der Waals surface area contributed by atoms with Gasteiger partial charge in [-0.1, -0.05) is 24.3 Å². The van der Waals surface area contributed by atoms with E-state index in [9.17, 15) is 0 Å². The second kappa shape index (κ2) is 3.37. The Bertz CT molecular complexity index is 329. The summed E-state index contributed by atoms with van der Waals surface area (Å²) in [6.45, 7) is 3.97. The van der Waals surface area contributed by atoms with E-state index in [1.54, 1.807) is 0 Å². The van der Waals surface area contributed by atoms with Gasteiger partial charge in [-0.2, -0.15) is 0 Å². The summed E-state index contributed by atoms with van der Waals surface area (Å²) in [4.78, 5) is 4.98. The molecule has 2 nitrogen and oxygen atoms in total. The standard InChI is InChI=1S/C12H17NO/c1-12(2,14-13)11-5-3-4-10(8-11)9-6-7-9/h3-5,8-9H,6-7,13H2,1-2H3. The fourth-order valence-electron chi connectivity index (χ4n) is 1.65. The highest BCUT2D eigenvalue weighted by molar-refractivity contribution is 5.31. The highest BCUT2D eigenvalue weighted by Crippen LogP contribution is 2.41. The molecule has 0 aromatic heterocycles. The molecule has 76 valence electrons. The van der Waals surface area contributed by atoms with Crippen molar-refractivity contribution >= 4 is 0 Å². The first-order chi connectivity index (χ1) is 6.63. The van der Waals surface area contributed by atoms with E-state index in [1.165, 1.54) is 18.4 Å². The number of benzene rings is 1. The van der Waals surface area contributed by atoms with Gasteiger partial charge in [-0.25, -0.2) is 5.90 Å². The molecule has 0 saturated heterocycles. The third-order valence-electron chi connectivity index (χ3n) is 2.93. The number of hydrogen-bond acceptors (Lipinski definition) is 2. The third-order valence-corrected chi connectivity index (χ3v) is 2.93. The Balaban J connectivity index is 2.29. The highest BCUT2D eigenvalue weighted by Gasteiger charge is 2.26. The maximum atomic E-state index is 5.28. The smallest absolute Gasteiger partial charge is 0.109 e. The zero-order valence-electron chi connectivity index (χ0n) is 8.79. The first-order valence-corrected chi connectivity index (χ1v) is 5.12. The zero-order valence-corrected chi connectivity index (χ0v) is 8.79. The molecule has 0 bridgehead atoms. The number of nitrogens with two attached hydrogens (primary N) is 1. The van der Waals surface area contributed by atoms with Crippen LogP contribution in [0.4, 0.5) is 0 Å². The summed E-state index contributed by atoms with van der Waals surface area (Å²) >= 11 is 0. The molecular formula is C12H17NO. The lowest BCUT2D eigenvalue weighted by Gasteiger charge is -2.22. The first-order valence-electron chi connectivity index (χ1n) is 5.12. The minimum Gasteiger partial charge on any atom is -0.294 e. The van der Waals surface area contributed by atoms with Gasteiger partial charge in [0, 0.05) is 0 Å². The lowest BCUT2D eigenvalue weighted by Crippen LogP contribution is -2.25. The van der Waals surface area contributed by atoms with Crippen LogP contribution in [0.15, 0.2) is 24.3 Å². The van der Waals surface area contributed by atoms with Crippen molar-refractivity contribution < 1.29 is 4.84 Å². The molecule has 0 radical (unpaired) electrons. The Hall–Kier alpha value is -0.860. The number of hydrogen-bond donors (Lipinski definition) is 1. The van der Waals surface area contributed by atoms with Crippen molar-refractivity contribution in [3.05, 3.63) is 35.4 Å². The summed E-state index contributed by atoms with van der Waals surface area (Å²) in [6.07, 6.45) is 2.65. The molecular weight excluding hydrogens is 174 g/mol. The van der Waals surface area contributed by atoms with Crippen LogP contribution in [0.3, 0.4) is 0 Å². The molecule has 1 saturated carbocycles. The van der Waals surface area contributed by atoms with Gasteiger partial charge in [0.15, 0.2) is 0 Å². The second-order valence-electron chi connectivity index (χ2n) is 4.53. The van der Waals surface area contributed by atoms with Gasteiger partial charge in [0.2, 0.25) is 0 Å². The van der Waals surface area contributed by atoms with Crippen LogP contribution in [0.25, 0.3) is 0 Å². The van der Waals surface area contributed by atoms with Gasteiger partial charge in [0.1, 0.15) is 5.60 Å². The highest BCUT2D eigenvalue weighted by atomic mass is 16.6. The van der Waals surface area contributed by atoms with E-state index >= 15 is 0 Å². The van der Waals surface area contributed by atoms with Gasteiger partial charge >= 0.3 is 0 Å². The van der Waals surface area contributed by atoms with Crippen molar-refractivity contribution in [2.45, 2.75) is 38.2 Å². The topological polar surface area (TPSA) is 35.2 Å². The van der Waals surface area contributed by atoms with E-state index in [-0.39, 0.29) is 5.60 Å². The van der Waals surface area contributed by atoms with Crippen LogP contribution in [0.2, 0.25) is 0 Å². The van der Waals surface area contributed by atoms with Crippen molar-refractivity contribution in [3.63, 3.8) is 0 Å². The molecule has 0 amide bonds. The molecule has 1 aromatic carbocycles. The fraction of sp³-hybridized carbons (Fsp3) is 0.500. The van der Waals surface area contributed by atoms with E-state index in [1.807, 2.05) is 13.8 Å². The van der Waals surface area contributed by atoms with E-state index in [2.05, 4.69) is 24.3 Å². The fourth-order valence-corrected chi connectivity index (χ4v) is 1.65. The zero-order chi connectivity index (χ0) is 10.2. The Morgan fingerprint density at radius 3 is 2.64 bits per heavy atom. The van der Waals surface area contributed by atoms with Gasteiger partial charge in [-0.3, -0.25) is 4.84 Å². The van der Waals surface area contributed by atoms with Crippen LogP contribution in [-0.4, -0.2) is 0 Å². The van der Waals surface area contributed by atoms with Crippen LogP contribution in [0.1, 0.15) is 43.7 Å². The van der Waals surface area contributed by atoms with Crippen molar-refractivity contribution in [3.8, 4) is 0 Å². The Morgan fingerprint density at radius 1 is 1.36 bits per heavy atom. The summed E-state index contributed by atoms with van der Waals surface area (Å²) in [5, 5.41) is 0. The molecule has 0 spiro atoms. The van der Waals surface area contributed by atoms with Crippen molar-refractivity contribution in [2.24, 2.45) is 5.90 Å². The molecule has 2 N–H and O–H groups in total. The molecule has 2 rings (SSSR count).